The summed E-state index contributed by atoms with van der Waals surface area (Å²) in [6.45, 7) is 1.50. The van der Waals surface area contributed by atoms with E-state index in [1.165, 1.54) is 18.7 Å². The van der Waals surface area contributed by atoms with Gasteiger partial charge in [0.05, 0.1) is 5.75 Å². The lowest BCUT2D eigenvalue weighted by Gasteiger charge is -2.04. The Morgan fingerprint density at radius 3 is 2.52 bits per heavy atom. The first-order valence-corrected chi connectivity index (χ1v) is 9.94. The van der Waals surface area contributed by atoms with E-state index in [1.54, 1.807) is 24.3 Å². The summed E-state index contributed by atoms with van der Waals surface area (Å²) in [6.07, 6.45) is 0. The second kappa shape index (κ2) is 8.28. The second-order valence-corrected chi connectivity index (χ2v) is 7.30. The summed E-state index contributed by atoms with van der Waals surface area (Å²) in [5.74, 6) is 0.336. The predicted octanol–water partition coefficient (Wildman–Crippen LogP) is 4.82. The molecule has 0 radical (unpaired) electrons. The van der Waals surface area contributed by atoms with E-state index in [1.807, 2.05) is 42.5 Å². The molecule has 0 unspecified atom stereocenters. The highest BCUT2D eigenvalue weighted by molar-refractivity contribution is 7.99. The van der Waals surface area contributed by atoms with E-state index >= 15 is 0 Å². The molecule has 3 aromatic carbocycles. The summed E-state index contributed by atoms with van der Waals surface area (Å²) in [5.41, 5.74) is 2.09. The van der Waals surface area contributed by atoms with Gasteiger partial charge < -0.3 is 9.73 Å². The van der Waals surface area contributed by atoms with Crippen LogP contribution < -0.4 is 5.32 Å². The highest BCUT2D eigenvalue weighted by Crippen LogP contribution is 2.29. The number of benzene rings is 3. The Kier molecular flexibility index (Phi) is 5.39. The number of anilines is 1. The SMILES string of the molecule is CC(=O)c1ccc(NC(=O)CSc2nnc(-c3cccc4ccccc34)o2)cc1. The van der Waals surface area contributed by atoms with Crippen molar-refractivity contribution in [3.63, 3.8) is 0 Å². The molecule has 6 nitrogen and oxygen atoms in total. The van der Waals surface area contributed by atoms with Gasteiger partial charge in [-0.2, -0.15) is 0 Å². The van der Waals surface area contributed by atoms with Gasteiger partial charge in [0.2, 0.25) is 11.8 Å². The Labute approximate surface area is 171 Å². The van der Waals surface area contributed by atoms with Gasteiger partial charge in [-0.3, -0.25) is 9.59 Å². The number of rotatable bonds is 6. The molecule has 0 spiro atoms. The predicted molar refractivity (Wildman–Crippen MR) is 113 cm³/mol. The second-order valence-electron chi connectivity index (χ2n) is 6.37. The van der Waals surface area contributed by atoms with Gasteiger partial charge in [-0.15, -0.1) is 10.2 Å². The molecule has 0 fully saturated rings. The van der Waals surface area contributed by atoms with Crippen molar-refractivity contribution in [3.8, 4) is 11.5 Å². The monoisotopic (exact) mass is 403 g/mol. The van der Waals surface area contributed by atoms with E-state index in [0.717, 1.165) is 16.3 Å². The molecule has 0 aliphatic rings. The molecule has 4 aromatic rings. The van der Waals surface area contributed by atoms with Gasteiger partial charge in [-0.05, 0) is 48.0 Å². The molecule has 0 aliphatic carbocycles. The zero-order chi connectivity index (χ0) is 20.2. The molecule has 0 bridgehead atoms. The quantitative estimate of drug-likeness (QED) is 0.367. The number of amides is 1. The number of nitrogens with zero attached hydrogens (tertiary/aromatic N) is 2. The molecule has 4 rings (SSSR count). The minimum absolute atomic E-state index is 0.0168. The number of nitrogens with one attached hydrogen (secondary N) is 1. The van der Waals surface area contributed by atoms with Crippen LogP contribution in [0.5, 0.6) is 0 Å². The van der Waals surface area contributed by atoms with Gasteiger partial charge in [-0.1, -0.05) is 48.2 Å². The van der Waals surface area contributed by atoms with Crippen LogP contribution in [0.4, 0.5) is 5.69 Å². The van der Waals surface area contributed by atoms with Crippen molar-refractivity contribution in [1.29, 1.82) is 0 Å². The van der Waals surface area contributed by atoms with Crippen molar-refractivity contribution in [1.82, 2.24) is 10.2 Å². The van der Waals surface area contributed by atoms with Crippen LogP contribution in [0.15, 0.2) is 76.4 Å². The van der Waals surface area contributed by atoms with E-state index in [9.17, 15) is 9.59 Å². The standard InChI is InChI=1S/C22H17N3O3S/c1-14(26)15-9-11-17(12-10-15)23-20(27)13-29-22-25-24-21(28-22)19-8-4-6-16-5-2-3-7-18(16)19/h2-12H,13H2,1H3,(H,23,27). The Morgan fingerprint density at radius 2 is 1.72 bits per heavy atom. The molecule has 0 aliphatic heterocycles. The van der Waals surface area contributed by atoms with Crippen LogP contribution >= 0.6 is 11.8 Å². The van der Waals surface area contributed by atoms with Gasteiger partial charge in [-0.25, -0.2) is 0 Å². The van der Waals surface area contributed by atoms with Crippen LogP contribution in [0, 0.1) is 0 Å². The lowest BCUT2D eigenvalue weighted by Crippen LogP contribution is -2.14. The zero-order valence-corrected chi connectivity index (χ0v) is 16.4. The van der Waals surface area contributed by atoms with Crippen molar-refractivity contribution in [3.05, 3.63) is 72.3 Å². The van der Waals surface area contributed by atoms with E-state index in [2.05, 4.69) is 15.5 Å². The molecule has 1 N–H and O–H groups in total. The highest BCUT2D eigenvalue weighted by Gasteiger charge is 2.13. The highest BCUT2D eigenvalue weighted by atomic mass is 32.2. The Balaban J connectivity index is 1.40. The minimum Gasteiger partial charge on any atom is -0.411 e. The first-order valence-electron chi connectivity index (χ1n) is 8.95. The third-order valence-electron chi connectivity index (χ3n) is 4.33. The summed E-state index contributed by atoms with van der Waals surface area (Å²) in [6, 6.07) is 20.6. The summed E-state index contributed by atoms with van der Waals surface area (Å²) in [4.78, 5) is 23.5. The van der Waals surface area contributed by atoms with Crippen molar-refractivity contribution >= 4 is 39.9 Å². The molecule has 1 heterocycles. The van der Waals surface area contributed by atoms with Crippen LogP contribution in [0.2, 0.25) is 0 Å². The number of Topliss-reactive ketones (excluding diaryl/α,β-unsaturated/α-hetero) is 1. The summed E-state index contributed by atoms with van der Waals surface area (Å²) in [5, 5.41) is 13.4. The Hall–Kier alpha value is -3.45. The normalized spacial score (nSPS) is 10.8. The average molecular weight is 403 g/mol. The van der Waals surface area contributed by atoms with Crippen molar-refractivity contribution in [2.24, 2.45) is 0 Å². The number of fused-ring (bicyclic) bond motifs is 1. The first kappa shape index (κ1) is 18.9. The van der Waals surface area contributed by atoms with Crippen molar-refractivity contribution < 1.29 is 14.0 Å². The van der Waals surface area contributed by atoms with Gasteiger partial charge >= 0.3 is 0 Å². The molecule has 0 saturated carbocycles. The fourth-order valence-corrected chi connectivity index (χ4v) is 3.46. The maximum absolute atomic E-state index is 12.2. The van der Waals surface area contributed by atoms with E-state index < -0.39 is 0 Å². The van der Waals surface area contributed by atoms with Crippen molar-refractivity contribution in [2.45, 2.75) is 12.1 Å². The Bertz CT molecular complexity index is 1180. The smallest absolute Gasteiger partial charge is 0.277 e. The molecular weight excluding hydrogens is 386 g/mol. The summed E-state index contributed by atoms with van der Waals surface area (Å²) < 4.78 is 5.74. The van der Waals surface area contributed by atoms with Gasteiger partial charge in [0.15, 0.2) is 5.78 Å². The summed E-state index contributed by atoms with van der Waals surface area (Å²) in [7, 11) is 0. The van der Waals surface area contributed by atoms with Crippen LogP contribution in [0.3, 0.4) is 0 Å². The lowest BCUT2D eigenvalue weighted by atomic mass is 10.0. The minimum atomic E-state index is -0.199. The number of thioether (sulfide) groups is 1. The van der Waals surface area contributed by atoms with Crippen LogP contribution in [0.1, 0.15) is 17.3 Å². The first-order chi connectivity index (χ1) is 14.1. The third kappa shape index (κ3) is 4.35. The number of carbonyl (C=O) groups is 2. The number of aromatic nitrogens is 2. The fourth-order valence-electron chi connectivity index (χ4n) is 2.90. The van der Waals surface area contributed by atoms with E-state index in [4.69, 9.17) is 4.42 Å². The third-order valence-corrected chi connectivity index (χ3v) is 5.15. The summed E-state index contributed by atoms with van der Waals surface area (Å²) >= 11 is 1.17. The molecule has 1 amide bonds. The average Bonchev–Trinajstić information content (AvgIpc) is 3.21. The fraction of sp³-hybridized carbons (Fsp3) is 0.0909. The van der Waals surface area contributed by atoms with Gasteiger partial charge in [0.25, 0.3) is 5.22 Å². The number of hydrogen-bond acceptors (Lipinski definition) is 6. The number of ketones is 1. The van der Waals surface area contributed by atoms with Crippen LogP contribution in [-0.2, 0) is 4.79 Å². The largest absolute Gasteiger partial charge is 0.411 e. The molecule has 0 atom stereocenters. The Morgan fingerprint density at radius 1 is 0.966 bits per heavy atom. The maximum Gasteiger partial charge on any atom is 0.277 e. The topological polar surface area (TPSA) is 85.1 Å². The molecular formula is C22H17N3O3S. The molecule has 7 heteroatoms. The molecule has 0 saturated heterocycles. The number of hydrogen-bond donors (Lipinski definition) is 1. The van der Waals surface area contributed by atoms with Crippen LogP contribution in [-0.4, -0.2) is 27.6 Å². The number of carbonyl (C=O) groups excluding carboxylic acids is 2. The van der Waals surface area contributed by atoms with Gasteiger partial charge in [0.1, 0.15) is 0 Å². The maximum atomic E-state index is 12.2. The molecule has 29 heavy (non-hydrogen) atoms. The van der Waals surface area contributed by atoms with Gasteiger partial charge in [0, 0.05) is 16.8 Å². The van der Waals surface area contributed by atoms with E-state index in [-0.39, 0.29) is 17.4 Å². The van der Waals surface area contributed by atoms with Crippen molar-refractivity contribution in [2.75, 3.05) is 11.1 Å². The zero-order valence-electron chi connectivity index (χ0n) is 15.6. The van der Waals surface area contributed by atoms with E-state index in [0.29, 0.717) is 22.4 Å². The lowest BCUT2D eigenvalue weighted by molar-refractivity contribution is -0.113. The molecule has 1 aromatic heterocycles. The molecule has 144 valence electrons. The van der Waals surface area contributed by atoms with Crippen LogP contribution in [0.25, 0.3) is 22.2 Å².